The van der Waals surface area contributed by atoms with Crippen molar-refractivity contribution >= 4 is 38.8 Å². The van der Waals surface area contributed by atoms with E-state index in [0.29, 0.717) is 0 Å². The lowest BCUT2D eigenvalue weighted by molar-refractivity contribution is 0.669. The highest BCUT2D eigenvalue weighted by Crippen LogP contribution is 2.51. The van der Waals surface area contributed by atoms with Crippen LogP contribution in [-0.4, -0.2) is 14.4 Å². The van der Waals surface area contributed by atoms with E-state index in [0.717, 1.165) is 5.69 Å². The highest BCUT2D eigenvalue weighted by molar-refractivity contribution is 6.18. The van der Waals surface area contributed by atoms with E-state index >= 15 is 0 Å². The number of hydrogen-bond acceptors (Lipinski definition) is 2. The molecule has 1 aromatic carbocycles. The number of fused-ring (bicyclic) bond motifs is 7. The van der Waals surface area contributed by atoms with Crippen LogP contribution in [0, 0.1) is 0 Å². The predicted molar refractivity (Wildman–Crippen MR) is 123 cm³/mol. The molecular formula is C27H23N3. The van der Waals surface area contributed by atoms with Gasteiger partial charge >= 0.3 is 0 Å². The highest BCUT2D eigenvalue weighted by Gasteiger charge is 2.40. The quantitative estimate of drug-likeness (QED) is 0.342. The van der Waals surface area contributed by atoms with E-state index in [1.165, 1.54) is 80.8 Å². The summed E-state index contributed by atoms with van der Waals surface area (Å²) >= 11 is 0. The summed E-state index contributed by atoms with van der Waals surface area (Å²) in [5, 5.41) is 3.90. The Morgan fingerprint density at radius 1 is 0.933 bits per heavy atom. The van der Waals surface area contributed by atoms with Gasteiger partial charge in [-0.25, -0.2) is 0 Å². The smallest absolute Gasteiger partial charge is 0.0671 e. The monoisotopic (exact) mass is 389 g/mol. The van der Waals surface area contributed by atoms with Crippen LogP contribution in [0.2, 0.25) is 0 Å². The summed E-state index contributed by atoms with van der Waals surface area (Å²) in [6.45, 7) is 4.68. The molecular weight excluding hydrogens is 366 g/mol. The zero-order valence-electron chi connectivity index (χ0n) is 17.4. The lowest BCUT2D eigenvalue weighted by atomic mass is 9.83. The lowest BCUT2D eigenvalue weighted by Crippen LogP contribution is -2.19. The Balaban J connectivity index is 1.62. The van der Waals surface area contributed by atoms with Crippen molar-refractivity contribution in [2.24, 2.45) is 0 Å². The summed E-state index contributed by atoms with van der Waals surface area (Å²) in [5.74, 6) is 0. The number of pyridine rings is 2. The molecule has 3 nitrogen and oxygen atoms in total. The maximum absolute atomic E-state index is 4.68. The zero-order chi connectivity index (χ0) is 20.0. The van der Waals surface area contributed by atoms with Gasteiger partial charge in [0.15, 0.2) is 0 Å². The van der Waals surface area contributed by atoms with E-state index < -0.39 is 0 Å². The lowest BCUT2D eigenvalue weighted by Gasteiger charge is -2.24. The van der Waals surface area contributed by atoms with Gasteiger partial charge in [0.05, 0.1) is 16.7 Å². The minimum absolute atomic E-state index is 0.127. The third kappa shape index (κ3) is 1.91. The Morgan fingerprint density at radius 2 is 1.73 bits per heavy atom. The number of rotatable bonds is 1. The molecule has 0 radical (unpaired) electrons. The molecule has 30 heavy (non-hydrogen) atoms. The SMILES string of the molecule is CC1(C)C(c2ccccn2)=Cc2c1n1c3cc4c(cc3c3cncc2c31)CCCC4. The van der Waals surface area contributed by atoms with E-state index in [1.54, 1.807) is 0 Å². The molecule has 2 aliphatic carbocycles. The van der Waals surface area contributed by atoms with Crippen LogP contribution in [0.1, 0.15) is 54.8 Å². The van der Waals surface area contributed by atoms with E-state index in [4.69, 9.17) is 0 Å². The summed E-state index contributed by atoms with van der Waals surface area (Å²) < 4.78 is 2.54. The molecule has 0 saturated heterocycles. The molecule has 2 aliphatic rings. The van der Waals surface area contributed by atoms with Gasteiger partial charge in [-0.05, 0) is 72.7 Å². The van der Waals surface area contributed by atoms with Crippen molar-refractivity contribution in [3.8, 4) is 0 Å². The van der Waals surface area contributed by atoms with Gasteiger partial charge < -0.3 is 4.40 Å². The van der Waals surface area contributed by atoms with Crippen LogP contribution in [0.4, 0.5) is 0 Å². The van der Waals surface area contributed by atoms with Crippen LogP contribution in [0.3, 0.4) is 0 Å². The first kappa shape index (κ1) is 16.6. The molecule has 7 rings (SSSR count). The van der Waals surface area contributed by atoms with Crippen molar-refractivity contribution in [2.45, 2.75) is 44.9 Å². The van der Waals surface area contributed by atoms with Crippen LogP contribution in [-0.2, 0) is 18.3 Å². The number of aromatic nitrogens is 3. The Morgan fingerprint density at radius 3 is 2.53 bits per heavy atom. The first-order valence-electron chi connectivity index (χ1n) is 11.0. The van der Waals surface area contributed by atoms with Crippen LogP contribution in [0.15, 0.2) is 48.9 Å². The van der Waals surface area contributed by atoms with Gasteiger partial charge in [-0.15, -0.1) is 0 Å². The molecule has 0 unspecified atom stereocenters. The summed E-state index contributed by atoms with van der Waals surface area (Å²) in [6.07, 6.45) is 13.4. The second-order valence-corrected chi connectivity index (χ2v) is 9.42. The minimum atomic E-state index is -0.127. The zero-order valence-corrected chi connectivity index (χ0v) is 17.4. The average Bonchev–Trinajstić information content (AvgIpc) is 3.37. The molecule has 0 bridgehead atoms. The van der Waals surface area contributed by atoms with Crippen LogP contribution in [0.5, 0.6) is 0 Å². The fraction of sp³-hybridized carbons (Fsp3) is 0.259. The molecule has 0 fully saturated rings. The Hall–Kier alpha value is -3.20. The summed E-state index contributed by atoms with van der Waals surface area (Å²) in [5.41, 5.74) is 10.7. The van der Waals surface area contributed by atoms with Crippen LogP contribution >= 0.6 is 0 Å². The van der Waals surface area contributed by atoms with Crippen molar-refractivity contribution in [3.05, 3.63) is 77.0 Å². The van der Waals surface area contributed by atoms with Crippen molar-refractivity contribution in [3.63, 3.8) is 0 Å². The molecule has 146 valence electrons. The second-order valence-electron chi connectivity index (χ2n) is 9.42. The maximum atomic E-state index is 4.68. The van der Waals surface area contributed by atoms with Crippen molar-refractivity contribution in [1.82, 2.24) is 14.4 Å². The largest absolute Gasteiger partial charge is 0.311 e. The summed E-state index contributed by atoms with van der Waals surface area (Å²) in [4.78, 5) is 9.34. The molecule has 4 aromatic heterocycles. The van der Waals surface area contributed by atoms with E-state index in [2.05, 4.69) is 64.8 Å². The number of nitrogens with zero attached hydrogens (tertiary/aromatic N) is 3. The van der Waals surface area contributed by atoms with E-state index in [1.807, 2.05) is 18.5 Å². The molecule has 0 amide bonds. The first-order chi connectivity index (χ1) is 14.6. The summed E-state index contributed by atoms with van der Waals surface area (Å²) in [7, 11) is 0. The van der Waals surface area contributed by atoms with Gasteiger partial charge in [0, 0.05) is 51.4 Å². The summed E-state index contributed by atoms with van der Waals surface area (Å²) in [6, 6.07) is 11.1. The van der Waals surface area contributed by atoms with Crippen molar-refractivity contribution < 1.29 is 0 Å². The molecule has 3 heteroatoms. The Bertz CT molecular complexity index is 1500. The van der Waals surface area contributed by atoms with Crippen molar-refractivity contribution in [1.29, 1.82) is 0 Å². The molecule has 0 saturated carbocycles. The van der Waals surface area contributed by atoms with Gasteiger partial charge in [0.1, 0.15) is 0 Å². The van der Waals surface area contributed by atoms with Crippen LogP contribution in [0.25, 0.3) is 38.8 Å². The molecule has 4 heterocycles. The fourth-order valence-electron chi connectivity index (χ4n) is 5.99. The Kier molecular flexibility index (Phi) is 3.03. The molecule has 0 N–H and O–H groups in total. The fourth-order valence-corrected chi connectivity index (χ4v) is 5.99. The number of hydrogen-bond donors (Lipinski definition) is 0. The minimum Gasteiger partial charge on any atom is -0.311 e. The van der Waals surface area contributed by atoms with Gasteiger partial charge in [-0.3, -0.25) is 9.97 Å². The standard InChI is InChI=1S/C27H23N3/c1-27(2)22(23-9-5-6-10-29-23)13-19-21-15-28-14-20-18-11-16-7-3-4-8-17(16)12-24(18)30(25(20)21)26(19)27/h5-6,9-15H,3-4,7-8H2,1-2H3. The van der Waals surface area contributed by atoms with Gasteiger partial charge in [0.25, 0.3) is 0 Å². The van der Waals surface area contributed by atoms with Gasteiger partial charge in [-0.1, -0.05) is 19.9 Å². The van der Waals surface area contributed by atoms with E-state index in [-0.39, 0.29) is 5.41 Å². The average molecular weight is 390 g/mol. The number of aryl methyl sites for hydroxylation is 2. The van der Waals surface area contributed by atoms with E-state index in [9.17, 15) is 0 Å². The second kappa shape index (κ2) is 5.48. The van der Waals surface area contributed by atoms with Crippen molar-refractivity contribution in [2.75, 3.05) is 0 Å². The normalized spacial score (nSPS) is 17.6. The first-order valence-corrected chi connectivity index (χ1v) is 11.0. The molecule has 5 aromatic rings. The Labute approximate surface area is 175 Å². The number of allylic oxidation sites excluding steroid dienone is 1. The number of benzene rings is 1. The van der Waals surface area contributed by atoms with Gasteiger partial charge in [0.2, 0.25) is 0 Å². The third-order valence-electron chi connectivity index (χ3n) is 7.40. The molecule has 0 aliphatic heterocycles. The van der Waals surface area contributed by atoms with Gasteiger partial charge in [-0.2, -0.15) is 0 Å². The van der Waals surface area contributed by atoms with Crippen LogP contribution < -0.4 is 0 Å². The molecule has 0 atom stereocenters. The molecule has 0 spiro atoms. The third-order valence-corrected chi connectivity index (χ3v) is 7.40. The maximum Gasteiger partial charge on any atom is 0.0671 e. The predicted octanol–water partition coefficient (Wildman–Crippen LogP) is 6.18. The topological polar surface area (TPSA) is 30.2 Å². The highest BCUT2D eigenvalue weighted by atomic mass is 15.0.